The standard InChI is InChI=1S/C15H24N2OSi/c1-3-14-5-7-15(8-6-14)13-17-11-10-16-9-4-12-19-18-2/h3,5-8,16-17H,1,4,9-13H2,2H3. The van der Waals surface area contributed by atoms with Crippen LogP contribution in [0.1, 0.15) is 17.5 Å². The van der Waals surface area contributed by atoms with E-state index in [-0.39, 0.29) is 0 Å². The molecule has 0 aromatic heterocycles. The normalized spacial score (nSPS) is 10.6. The van der Waals surface area contributed by atoms with E-state index in [4.69, 9.17) is 4.43 Å². The van der Waals surface area contributed by atoms with Gasteiger partial charge in [0.25, 0.3) is 0 Å². The molecule has 0 saturated carbocycles. The molecule has 2 N–H and O–H groups in total. The molecule has 0 fully saturated rings. The van der Waals surface area contributed by atoms with Gasteiger partial charge in [-0.05, 0) is 30.1 Å². The van der Waals surface area contributed by atoms with E-state index < -0.39 is 0 Å². The van der Waals surface area contributed by atoms with Crippen LogP contribution in [0.4, 0.5) is 0 Å². The summed E-state index contributed by atoms with van der Waals surface area (Å²) in [6, 6.07) is 9.64. The van der Waals surface area contributed by atoms with Crippen LogP contribution in [-0.4, -0.2) is 36.5 Å². The van der Waals surface area contributed by atoms with Gasteiger partial charge in [0, 0.05) is 26.7 Å². The third kappa shape index (κ3) is 7.95. The molecule has 4 heteroatoms. The van der Waals surface area contributed by atoms with Gasteiger partial charge in [-0.1, -0.05) is 36.9 Å². The highest BCUT2D eigenvalue weighted by molar-refractivity contribution is 6.26. The molecule has 1 aromatic carbocycles. The second kappa shape index (κ2) is 10.9. The zero-order chi connectivity index (χ0) is 13.8. The molecule has 0 amide bonds. The summed E-state index contributed by atoms with van der Waals surface area (Å²) in [4.78, 5) is 0. The Bertz CT molecular complexity index is 341. The fourth-order valence-corrected chi connectivity index (χ4v) is 2.22. The molecule has 0 bridgehead atoms. The molecule has 0 heterocycles. The van der Waals surface area contributed by atoms with Gasteiger partial charge in [0.05, 0.1) is 0 Å². The van der Waals surface area contributed by atoms with Crippen molar-refractivity contribution in [2.45, 2.75) is 19.0 Å². The summed E-state index contributed by atoms with van der Waals surface area (Å²) in [5.41, 5.74) is 2.48. The van der Waals surface area contributed by atoms with Crippen molar-refractivity contribution in [2.75, 3.05) is 26.7 Å². The number of rotatable bonds is 11. The Hall–Kier alpha value is -0.943. The second-order valence-electron chi connectivity index (χ2n) is 4.32. The van der Waals surface area contributed by atoms with E-state index in [1.807, 2.05) is 6.08 Å². The molecule has 19 heavy (non-hydrogen) atoms. The number of hydrogen-bond donors (Lipinski definition) is 2. The summed E-state index contributed by atoms with van der Waals surface area (Å²) in [7, 11) is 2.41. The van der Waals surface area contributed by atoms with Gasteiger partial charge >= 0.3 is 0 Å². The van der Waals surface area contributed by atoms with Crippen molar-refractivity contribution in [2.24, 2.45) is 0 Å². The minimum absolute atomic E-state index is 0.644. The van der Waals surface area contributed by atoms with Crippen LogP contribution in [-0.2, 0) is 11.0 Å². The molecule has 0 unspecified atom stereocenters. The van der Waals surface area contributed by atoms with Crippen LogP contribution < -0.4 is 10.6 Å². The quantitative estimate of drug-likeness (QED) is 0.479. The fraction of sp³-hybridized carbons (Fsp3) is 0.467. The summed E-state index contributed by atoms with van der Waals surface area (Å²) in [6.07, 6.45) is 3.06. The Morgan fingerprint density at radius 2 is 1.89 bits per heavy atom. The Morgan fingerprint density at radius 3 is 2.58 bits per heavy atom. The number of nitrogens with one attached hydrogen (secondary N) is 2. The SMILES string of the molecule is C=Cc1ccc(CNCCNCCC[Si]OC)cc1. The van der Waals surface area contributed by atoms with Crippen molar-refractivity contribution in [1.29, 1.82) is 0 Å². The Balaban J connectivity index is 1.96. The van der Waals surface area contributed by atoms with Crippen molar-refractivity contribution >= 4 is 15.8 Å². The van der Waals surface area contributed by atoms with Gasteiger partial charge in [-0.15, -0.1) is 0 Å². The molecule has 0 spiro atoms. The van der Waals surface area contributed by atoms with Crippen LogP contribution in [0.15, 0.2) is 30.8 Å². The summed E-state index contributed by atoms with van der Waals surface area (Å²) in [6.45, 7) is 7.76. The lowest BCUT2D eigenvalue weighted by molar-refractivity contribution is 0.439. The molecule has 104 valence electrons. The zero-order valence-corrected chi connectivity index (χ0v) is 12.7. The number of benzene rings is 1. The van der Waals surface area contributed by atoms with Crippen LogP contribution >= 0.6 is 0 Å². The first-order valence-corrected chi connectivity index (χ1v) is 7.87. The molecular weight excluding hydrogens is 252 g/mol. The van der Waals surface area contributed by atoms with E-state index in [1.165, 1.54) is 17.5 Å². The van der Waals surface area contributed by atoms with Crippen LogP contribution in [0, 0.1) is 0 Å². The molecule has 0 aliphatic rings. The molecule has 2 radical (unpaired) electrons. The van der Waals surface area contributed by atoms with Crippen molar-refractivity contribution in [3.63, 3.8) is 0 Å². The van der Waals surface area contributed by atoms with E-state index in [2.05, 4.69) is 41.5 Å². The molecule has 0 atom stereocenters. The Labute approximate surface area is 119 Å². The molecular formula is C15H24N2OSi. The Kier molecular flexibility index (Phi) is 9.27. The van der Waals surface area contributed by atoms with Gasteiger partial charge in [0.2, 0.25) is 9.76 Å². The van der Waals surface area contributed by atoms with Crippen molar-refractivity contribution in [3.8, 4) is 0 Å². The average Bonchev–Trinajstić information content (AvgIpc) is 2.46. The molecule has 1 aromatic rings. The molecule has 3 nitrogen and oxygen atoms in total. The van der Waals surface area contributed by atoms with E-state index in [0.29, 0.717) is 9.76 Å². The van der Waals surface area contributed by atoms with Crippen LogP contribution in [0.5, 0.6) is 0 Å². The van der Waals surface area contributed by atoms with Gasteiger partial charge in [-0.3, -0.25) is 0 Å². The largest absolute Gasteiger partial charge is 0.421 e. The highest BCUT2D eigenvalue weighted by Gasteiger charge is 1.93. The smallest absolute Gasteiger partial charge is 0.229 e. The van der Waals surface area contributed by atoms with Gasteiger partial charge in [0.15, 0.2) is 0 Å². The lowest BCUT2D eigenvalue weighted by Gasteiger charge is -2.07. The minimum Gasteiger partial charge on any atom is -0.421 e. The maximum absolute atomic E-state index is 5.03. The van der Waals surface area contributed by atoms with Crippen LogP contribution in [0.3, 0.4) is 0 Å². The predicted octanol–water partition coefficient (Wildman–Crippen LogP) is 2.08. The zero-order valence-electron chi connectivity index (χ0n) is 11.7. The summed E-state index contributed by atoms with van der Waals surface area (Å²) in [5.74, 6) is 0. The van der Waals surface area contributed by atoms with Crippen LogP contribution in [0.2, 0.25) is 6.04 Å². The third-order valence-electron chi connectivity index (χ3n) is 2.80. The van der Waals surface area contributed by atoms with Crippen molar-refractivity contribution < 1.29 is 4.43 Å². The van der Waals surface area contributed by atoms with Crippen molar-refractivity contribution in [3.05, 3.63) is 42.0 Å². The first-order valence-electron chi connectivity index (χ1n) is 6.75. The summed E-state index contributed by atoms with van der Waals surface area (Å²) < 4.78 is 5.03. The fourth-order valence-electron chi connectivity index (χ4n) is 1.69. The van der Waals surface area contributed by atoms with Gasteiger partial charge in [0.1, 0.15) is 0 Å². The maximum Gasteiger partial charge on any atom is 0.229 e. The summed E-state index contributed by atoms with van der Waals surface area (Å²) >= 11 is 0. The molecule has 0 aliphatic heterocycles. The first kappa shape index (κ1) is 16.1. The maximum atomic E-state index is 5.03. The van der Waals surface area contributed by atoms with E-state index in [9.17, 15) is 0 Å². The van der Waals surface area contributed by atoms with E-state index in [0.717, 1.165) is 32.2 Å². The number of hydrogen-bond acceptors (Lipinski definition) is 3. The van der Waals surface area contributed by atoms with Gasteiger partial charge < -0.3 is 15.1 Å². The monoisotopic (exact) mass is 276 g/mol. The highest BCUT2D eigenvalue weighted by Crippen LogP contribution is 2.04. The van der Waals surface area contributed by atoms with E-state index in [1.54, 1.807) is 7.11 Å². The predicted molar refractivity (Wildman–Crippen MR) is 83.3 cm³/mol. The van der Waals surface area contributed by atoms with E-state index >= 15 is 0 Å². The van der Waals surface area contributed by atoms with Crippen LogP contribution in [0.25, 0.3) is 6.08 Å². The topological polar surface area (TPSA) is 33.3 Å². The lowest BCUT2D eigenvalue weighted by atomic mass is 10.1. The first-order chi connectivity index (χ1) is 9.36. The third-order valence-corrected chi connectivity index (χ3v) is 3.65. The molecule has 0 aliphatic carbocycles. The molecule has 0 saturated heterocycles. The Morgan fingerprint density at radius 1 is 1.16 bits per heavy atom. The second-order valence-corrected chi connectivity index (χ2v) is 5.52. The minimum atomic E-state index is 0.644. The lowest BCUT2D eigenvalue weighted by Crippen LogP contribution is -2.27. The average molecular weight is 276 g/mol. The van der Waals surface area contributed by atoms with Crippen molar-refractivity contribution in [1.82, 2.24) is 10.6 Å². The summed E-state index contributed by atoms with van der Waals surface area (Å²) in [5, 5.41) is 6.85. The van der Waals surface area contributed by atoms with Gasteiger partial charge in [-0.25, -0.2) is 0 Å². The molecule has 1 rings (SSSR count). The van der Waals surface area contributed by atoms with Gasteiger partial charge in [-0.2, -0.15) is 0 Å². The highest BCUT2D eigenvalue weighted by atomic mass is 28.2.